The van der Waals surface area contributed by atoms with Crippen molar-refractivity contribution in [1.29, 1.82) is 0 Å². The largest absolute Gasteiger partial charge is 0.392 e. The highest BCUT2D eigenvalue weighted by Crippen LogP contribution is 2.19. The zero-order valence-electron chi connectivity index (χ0n) is 11.2. The molecular formula is C15H24N2O. The van der Waals surface area contributed by atoms with Crippen LogP contribution in [0.15, 0.2) is 30.3 Å². The molecule has 1 aromatic rings. The number of para-hydroxylation sites is 1. The maximum absolute atomic E-state index is 9.66. The van der Waals surface area contributed by atoms with Crippen LogP contribution in [0.3, 0.4) is 0 Å². The van der Waals surface area contributed by atoms with E-state index in [-0.39, 0.29) is 6.10 Å². The van der Waals surface area contributed by atoms with Crippen LogP contribution >= 0.6 is 0 Å². The third kappa shape index (κ3) is 4.00. The van der Waals surface area contributed by atoms with Gasteiger partial charge in [-0.2, -0.15) is 0 Å². The second kappa shape index (κ2) is 6.76. The van der Waals surface area contributed by atoms with Crippen molar-refractivity contribution in [3.05, 3.63) is 30.3 Å². The van der Waals surface area contributed by atoms with E-state index in [0.29, 0.717) is 6.54 Å². The number of aliphatic hydroxyl groups excluding tert-OH is 1. The molecule has 1 heterocycles. The Hall–Kier alpha value is -1.06. The van der Waals surface area contributed by atoms with Crippen molar-refractivity contribution < 1.29 is 5.11 Å². The van der Waals surface area contributed by atoms with E-state index in [1.54, 1.807) is 0 Å². The molecule has 0 amide bonds. The fourth-order valence-corrected chi connectivity index (χ4v) is 2.62. The van der Waals surface area contributed by atoms with Crippen molar-refractivity contribution in [2.75, 3.05) is 31.1 Å². The van der Waals surface area contributed by atoms with Crippen LogP contribution in [0, 0.1) is 5.92 Å². The molecule has 3 nitrogen and oxygen atoms in total. The summed E-state index contributed by atoms with van der Waals surface area (Å²) in [5.41, 5.74) is 1.22. The normalized spacial score (nSPS) is 18.6. The lowest BCUT2D eigenvalue weighted by atomic mass is 9.97. The van der Waals surface area contributed by atoms with Gasteiger partial charge in [0.2, 0.25) is 0 Å². The predicted molar refractivity (Wildman–Crippen MR) is 75.9 cm³/mol. The van der Waals surface area contributed by atoms with E-state index in [1.807, 2.05) is 13.0 Å². The first-order chi connectivity index (χ1) is 8.75. The molecule has 3 heteroatoms. The Morgan fingerprint density at radius 3 is 2.56 bits per heavy atom. The number of nitrogens with one attached hydrogen (secondary N) is 1. The minimum atomic E-state index is -0.285. The Morgan fingerprint density at radius 2 is 1.94 bits per heavy atom. The molecule has 1 unspecified atom stereocenters. The summed E-state index contributed by atoms with van der Waals surface area (Å²) < 4.78 is 0. The molecule has 100 valence electrons. The molecule has 18 heavy (non-hydrogen) atoms. The molecule has 0 bridgehead atoms. The van der Waals surface area contributed by atoms with Gasteiger partial charge in [0, 0.05) is 18.8 Å². The number of piperidine rings is 1. The lowest BCUT2D eigenvalue weighted by Crippen LogP contribution is -2.39. The van der Waals surface area contributed by atoms with Crippen molar-refractivity contribution in [3.8, 4) is 0 Å². The van der Waals surface area contributed by atoms with Gasteiger partial charge in [0.05, 0.1) is 6.10 Å². The zero-order valence-corrected chi connectivity index (χ0v) is 11.2. The topological polar surface area (TPSA) is 35.5 Å². The lowest BCUT2D eigenvalue weighted by Gasteiger charge is -2.32. The van der Waals surface area contributed by atoms with Gasteiger partial charge in [0.1, 0.15) is 0 Å². The van der Waals surface area contributed by atoms with Gasteiger partial charge in [-0.05, 0) is 50.9 Å². The zero-order chi connectivity index (χ0) is 12.8. The summed E-state index contributed by atoms with van der Waals surface area (Å²) >= 11 is 0. The van der Waals surface area contributed by atoms with Gasteiger partial charge in [0.25, 0.3) is 0 Å². The van der Waals surface area contributed by atoms with Crippen molar-refractivity contribution in [2.24, 2.45) is 5.92 Å². The Kier molecular flexibility index (Phi) is 5.02. The van der Waals surface area contributed by atoms with Crippen molar-refractivity contribution in [1.82, 2.24) is 5.32 Å². The summed E-state index contributed by atoms with van der Waals surface area (Å²) in [7, 11) is 0. The maximum Gasteiger partial charge on any atom is 0.0687 e. The molecule has 1 aromatic carbocycles. The number of anilines is 1. The van der Waals surface area contributed by atoms with Crippen LogP contribution in [0.1, 0.15) is 19.8 Å². The summed E-state index contributed by atoms with van der Waals surface area (Å²) in [5, 5.41) is 13.1. The number of hydrogen-bond donors (Lipinski definition) is 2. The molecular weight excluding hydrogens is 224 g/mol. The van der Waals surface area contributed by atoms with E-state index < -0.39 is 0 Å². The van der Waals surface area contributed by atoms with E-state index in [2.05, 4.69) is 34.5 Å². The number of nitrogens with zero attached hydrogens (tertiary/aromatic N) is 1. The van der Waals surface area contributed by atoms with Gasteiger partial charge >= 0.3 is 0 Å². The highest BCUT2D eigenvalue weighted by Gasteiger charge is 2.18. The summed E-state index contributed by atoms with van der Waals surface area (Å²) in [6, 6.07) is 10.4. The van der Waals surface area contributed by atoms with Crippen molar-refractivity contribution >= 4 is 5.69 Å². The number of aliphatic hydroxyl groups is 1. The van der Waals surface area contributed by atoms with Gasteiger partial charge in [-0.3, -0.25) is 0 Å². The van der Waals surface area contributed by atoms with Crippen LogP contribution in [0.4, 0.5) is 5.69 Å². The number of benzene rings is 1. The number of hydrogen-bond acceptors (Lipinski definition) is 3. The van der Waals surface area contributed by atoms with Crippen LogP contribution in [0.5, 0.6) is 0 Å². The molecule has 0 saturated carbocycles. The molecule has 2 N–H and O–H groups in total. The van der Waals surface area contributed by atoms with Crippen LogP contribution in [-0.2, 0) is 0 Å². The molecule has 1 fully saturated rings. The lowest BCUT2D eigenvalue weighted by molar-refractivity contribution is 0.197. The molecule has 1 saturated heterocycles. The molecule has 0 spiro atoms. The average molecular weight is 248 g/mol. The Bertz CT molecular complexity index is 334. The van der Waals surface area contributed by atoms with Gasteiger partial charge in [-0.25, -0.2) is 0 Å². The van der Waals surface area contributed by atoms with E-state index in [9.17, 15) is 5.11 Å². The monoisotopic (exact) mass is 248 g/mol. The summed E-state index contributed by atoms with van der Waals surface area (Å²) in [6.07, 6.45) is 2.19. The molecule has 1 aliphatic heterocycles. The highest BCUT2D eigenvalue weighted by molar-refractivity contribution is 5.46. The smallest absolute Gasteiger partial charge is 0.0687 e. The van der Waals surface area contributed by atoms with Crippen molar-refractivity contribution in [2.45, 2.75) is 25.9 Å². The van der Waals surface area contributed by atoms with Crippen molar-refractivity contribution in [3.63, 3.8) is 0 Å². The van der Waals surface area contributed by atoms with Crippen LogP contribution in [0.2, 0.25) is 0 Å². The Labute approximate surface area is 110 Å². The number of rotatable bonds is 5. The van der Waals surface area contributed by atoms with Gasteiger partial charge in [-0.1, -0.05) is 18.2 Å². The molecule has 0 radical (unpaired) electrons. The van der Waals surface area contributed by atoms with Crippen LogP contribution < -0.4 is 10.2 Å². The van der Waals surface area contributed by atoms with E-state index >= 15 is 0 Å². The Morgan fingerprint density at radius 1 is 1.28 bits per heavy atom. The second-order valence-corrected chi connectivity index (χ2v) is 5.28. The molecule has 2 rings (SSSR count). The van der Waals surface area contributed by atoms with E-state index in [1.165, 1.54) is 18.5 Å². The molecule has 1 aliphatic rings. The third-order valence-electron chi connectivity index (χ3n) is 3.54. The van der Waals surface area contributed by atoms with Crippen LogP contribution in [0.25, 0.3) is 0 Å². The SMILES string of the molecule is CC(O)CN(CC1CCNCC1)c1ccccc1. The van der Waals surface area contributed by atoms with Crippen LogP contribution in [-0.4, -0.2) is 37.4 Å². The highest BCUT2D eigenvalue weighted by atomic mass is 16.3. The molecule has 1 atom stereocenters. The first-order valence-electron chi connectivity index (χ1n) is 6.94. The predicted octanol–water partition coefficient (Wildman–Crippen LogP) is 1.87. The van der Waals surface area contributed by atoms with Gasteiger partial charge in [0.15, 0.2) is 0 Å². The Balaban J connectivity index is 2.00. The summed E-state index contributed by atoms with van der Waals surface area (Å²) in [5.74, 6) is 0.741. The first-order valence-corrected chi connectivity index (χ1v) is 6.94. The molecule has 0 aliphatic carbocycles. The maximum atomic E-state index is 9.66. The van der Waals surface area contributed by atoms with Gasteiger partial charge < -0.3 is 15.3 Å². The fraction of sp³-hybridized carbons (Fsp3) is 0.600. The standard InChI is InChI=1S/C15H24N2O/c1-13(18)11-17(15-5-3-2-4-6-15)12-14-7-9-16-10-8-14/h2-6,13-14,16,18H,7-12H2,1H3. The van der Waals surface area contributed by atoms with Gasteiger partial charge in [-0.15, -0.1) is 0 Å². The quantitative estimate of drug-likeness (QED) is 0.835. The second-order valence-electron chi connectivity index (χ2n) is 5.28. The van der Waals surface area contributed by atoms with E-state index in [4.69, 9.17) is 0 Å². The third-order valence-corrected chi connectivity index (χ3v) is 3.54. The van der Waals surface area contributed by atoms with E-state index in [0.717, 1.165) is 25.6 Å². The first kappa shape index (κ1) is 13.4. The fourth-order valence-electron chi connectivity index (χ4n) is 2.62. The minimum absolute atomic E-state index is 0.285. The summed E-state index contributed by atoms with van der Waals surface area (Å²) in [4.78, 5) is 2.32. The molecule has 0 aromatic heterocycles. The minimum Gasteiger partial charge on any atom is -0.392 e. The average Bonchev–Trinajstić information content (AvgIpc) is 2.40. The summed E-state index contributed by atoms with van der Waals surface area (Å²) in [6.45, 7) is 5.88.